The number of piperidine rings is 1. The van der Waals surface area contributed by atoms with E-state index in [0.717, 1.165) is 23.2 Å². The zero-order valence-electron chi connectivity index (χ0n) is 9.87. The molecule has 1 saturated heterocycles. The van der Waals surface area contributed by atoms with Gasteiger partial charge < -0.3 is 10.1 Å². The Morgan fingerprint density at radius 3 is 3.25 bits per heavy atom. The molecule has 1 fully saturated rings. The summed E-state index contributed by atoms with van der Waals surface area (Å²) in [6.45, 7) is 5.92. The van der Waals surface area contributed by atoms with E-state index in [1.807, 2.05) is 6.92 Å². The highest BCUT2D eigenvalue weighted by atomic mass is 32.1. The second-order valence-electron chi connectivity index (χ2n) is 4.41. The fourth-order valence-corrected chi connectivity index (χ4v) is 2.67. The summed E-state index contributed by atoms with van der Waals surface area (Å²) in [7, 11) is 0. The molecule has 3 nitrogen and oxygen atoms in total. The topological polar surface area (TPSA) is 34.1 Å². The molecule has 90 valence electrons. The van der Waals surface area contributed by atoms with Crippen LogP contribution in [0.4, 0.5) is 0 Å². The van der Waals surface area contributed by atoms with Gasteiger partial charge in [-0.1, -0.05) is 0 Å². The van der Waals surface area contributed by atoms with Crippen molar-refractivity contribution in [3.8, 4) is 0 Å². The lowest BCUT2D eigenvalue weighted by atomic mass is 9.97. The second kappa shape index (κ2) is 6.33. The molecule has 1 unspecified atom stereocenters. The monoisotopic (exact) mass is 240 g/mol. The van der Waals surface area contributed by atoms with Crippen LogP contribution < -0.4 is 5.32 Å². The maximum atomic E-state index is 5.65. The molecule has 1 aromatic rings. The smallest absolute Gasteiger partial charge is 0.0898 e. The van der Waals surface area contributed by atoms with Crippen molar-refractivity contribution in [2.24, 2.45) is 5.92 Å². The zero-order chi connectivity index (χ0) is 11.2. The van der Waals surface area contributed by atoms with Gasteiger partial charge in [0.25, 0.3) is 0 Å². The first-order valence-electron chi connectivity index (χ1n) is 6.04. The van der Waals surface area contributed by atoms with Crippen LogP contribution in [0.1, 0.15) is 30.0 Å². The van der Waals surface area contributed by atoms with Gasteiger partial charge in [0, 0.05) is 12.0 Å². The molecule has 2 rings (SSSR count). The van der Waals surface area contributed by atoms with Crippen molar-refractivity contribution in [2.45, 2.75) is 32.8 Å². The summed E-state index contributed by atoms with van der Waals surface area (Å²) in [6, 6.07) is 0. The lowest BCUT2D eigenvalue weighted by Crippen LogP contribution is -2.30. The number of ether oxygens (including phenoxy) is 1. The average molecular weight is 240 g/mol. The van der Waals surface area contributed by atoms with E-state index < -0.39 is 0 Å². The predicted molar refractivity (Wildman–Crippen MR) is 66.7 cm³/mol. The summed E-state index contributed by atoms with van der Waals surface area (Å²) in [4.78, 5) is 4.38. The SMILES string of the molecule is Cc1nc(COCCC2CCCNC2)cs1. The Morgan fingerprint density at radius 2 is 2.56 bits per heavy atom. The molecule has 4 heteroatoms. The number of nitrogens with zero attached hydrogens (tertiary/aromatic N) is 1. The van der Waals surface area contributed by atoms with Crippen LogP contribution in [0.5, 0.6) is 0 Å². The lowest BCUT2D eigenvalue weighted by Gasteiger charge is -2.22. The van der Waals surface area contributed by atoms with Gasteiger partial charge in [-0.15, -0.1) is 11.3 Å². The van der Waals surface area contributed by atoms with Gasteiger partial charge in [0.15, 0.2) is 0 Å². The van der Waals surface area contributed by atoms with Crippen molar-refractivity contribution in [2.75, 3.05) is 19.7 Å². The molecule has 0 aromatic carbocycles. The number of hydrogen-bond donors (Lipinski definition) is 1. The van der Waals surface area contributed by atoms with Crippen molar-refractivity contribution >= 4 is 11.3 Å². The first-order chi connectivity index (χ1) is 7.84. The molecule has 1 aliphatic rings. The van der Waals surface area contributed by atoms with E-state index in [4.69, 9.17) is 4.74 Å². The molecular weight excluding hydrogens is 220 g/mol. The Labute approximate surface area is 101 Å². The second-order valence-corrected chi connectivity index (χ2v) is 5.47. The third-order valence-electron chi connectivity index (χ3n) is 2.99. The highest BCUT2D eigenvalue weighted by molar-refractivity contribution is 7.09. The van der Waals surface area contributed by atoms with E-state index in [-0.39, 0.29) is 0 Å². The van der Waals surface area contributed by atoms with Gasteiger partial charge in [-0.25, -0.2) is 4.98 Å². The number of nitrogens with one attached hydrogen (secondary N) is 1. The Morgan fingerprint density at radius 1 is 1.62 bits per heavy atom. The highest BCUT2D eigenvalue weighted by Gasteiger charge is 2.12. The third kappa shape index (κ3) is 3.85. The maximum Gasteiger partial charge on any atom is 0.0898 e. The molecule has 1 N–H and O–H groups in total. The Bertz CT molecular complexity index is 308. The Balaban J connectivity index is 1.57. The normalized spacial score (nSPS) is 21.2. The van der Waals surface area contributed by atoms with Gasteiger partial charge in [-0.05, 0) is 45.2 Å². The Hall–Kier alpha value is -0.450. The van der Waals surface area contributed by atoms with Crippen molar-refractivity contribution in [3.63, 3.8) is 0 Å². The van der Waals surface area contributed by atoms with E-state index in [2.05, 4.69) is 15.7 Å². The van der Waals surface area contributed by atoms with Gasteiger partial charge in [0.1, 0.15) is 0 Å². The summed E-state index contributed by atoms with van der Waals surface area (Å²) in [5, 5.41) is 6.63. The number of rotatable bonds is 5. The minimum absolute atomic E-state index is 0.671. The largest absolute Gasteiger partial charge is 0.375 e. The molecule has 0 amide bonds. The minimum Gasteiger partial charge on any atom is -0.375 e. The van der Waals surface area contributed by atoms with Crippen LogP contribution in [0.15, 0.2) is 5.38 Å². The van der Waals surface area contributed by atoms with Crippen LogP contribution >= 0.6 is 11.3 Å². The summed E-state index contributed by atoms with van der Waals surface area (Å²) in [6.07, 6.45) is 3.85. The summed E-state index contributed by atoms with van der Waals surface area (Å²) >= 11 is 1.69. The van der Waals surface area contributed by atoms with E-state index >= 15 is 0 Å². The third-order valence-corrected chi connectivity index (χ3v) is 3.81. The number of aromatic nitrogens is 1. The van der Waals surface area contributed by atoms with E-state index in [1.54, 1.807) is 11.3 Å². The molecular formula is C12H20N2OS. The van der Waals surface area contributed by atoms with Crippen LogP contribution in [0.25, 0.3) is 0 Å². The average Bonchev–Trinajstić information content (AvgIpc) is 2.72. The molecule has 2 heterocycles. The fourth-order valence-electron chi connectivity index (χ4n) is 2.07. The Kier molecular flexibility index (Phi) is 4.75. The molecule has 0 bridgehead atoms. The molecule has 0 radical (unpaired) electrons. The first-order valence-corrected chi connectivity index (χ1v) is 6.92. The summed E-state index contributed by atoms with van der Waals surface area (Å²) in [5.41, 5.74) is 1.07. The maximum absolute atomic E-state index is 5.65. The molecule has 0 saturated carbocycles. The molecule has 0 spiro atoms. The van der Waals surface area contributed by atoms with Gasteiger partial charge in [0.2, 0.25) is 0 Å². The van der Waals surface area contributed by atoms with Crippen LogP contribution in [0.2, 0.25) is 0 Å². The molecule has 0 aliphatic carbocycles. The molecule has 1 aromatic heterocycles. The first kappa shape index (κ1) is 12.0. The van der Waals surface area contributed by atoms with Crippen LogP contribution in [0.3, 0.4) is 0 Å². The van der Waals surface area contributed by atoms with Gasteiger partial charge in [-0.2, -0.15) is 0 Å². The quantitative estimate of drug-likeness (QED) is 0.802. The minimum atomic E-state index is 0.671. The van der Waals surface area contributed by atoms with E-state index in [1.165, 1.54) is 32.4 Å². The number of hydrogen-bond acceptors (Lipinski definition) is 4. The highest BCUT2D eigenvalue weighted by Crippen LogP contribution is 2.14. The fraction of sp³-hybridized carbons (Fsp3) is 0.750. The van der Waals surface area contributed by atoms with Crippen LogP contribution in [0, 0.1) is 12.8 Å². The van der Waals surface area contributed by atoms with Gasteiger partial charge in [0.05, 0.1) is 17.3 Å². The summed E-state index contributed by atoms with van der Waals surface area (Å²) in [5.74, 6) is 0.811. The van der Waals surface area contributed by atoms with Crippen molar-refractivity contribution in [1.29, 1.82) is 0 Å². The molecule has 16 heavy (non-hydrogen) atoms. The van der Waals surface area contributed by atoms with Gasteiger partial charge >= 0.3 is 0 Å². The van der Waals surface area contributed by atoms with Crippen LogP contribution in [-0.2, 0) is 11.3 Å². The number of aryl methyl sites for hydroxylation is 1. The lowest BCUT2D eigenvalue weighted by molar-refractivity contribution is 0.101. The van der Waals surface area contributed by atoms with Crippen molar-refractivity contribution < 1.29 is 4.74 Å². The molecule has 1 aliphatic heterocycles. The standard InChI is InChI=1S/C12H20N2OS/c1-10-14-12(9-16-10)8-15-6-4-11-3-2-5-13-7-11/h9,11,13H,2-8H2,1H3. The molecule has 1 atom stereocenters. The zero-order valence-corrected chi connectivity index (χ0v) is 10.7. The van der Waals surface area contributed by atoms with Crippen molar-refractivity contribution in [3.05, 3.63) is 16.1 Å². The van der Waals surface area contributed by atoms with Gasteiger partial charge in [-0.3, -0.25) is 0 Å². The number of thiazole rings is 1. The van der Waals surface area contributed by atoms with E-state index in [0.29, 0.717) is 6.61 Å². The van der Waals surface area contributed by atoms with Crippen molar-refractivity contribution in [1.82, 2.24) is 10.3 Å². The summed E-state index contributed by atoms with van der Waals surface area (Å²) < 4.78 is 5.65. The predicted octanol–water partition coefficient (Wildman–Crippen LogP) is 2.36. The van der Waals surface area contributed by atoms with Crippen LogP contribution in [-0.4, -0.2) is 24.7 Å². The van der Waals surface area contributed by atoms with E-state index in [9.17, 15) is 0 Å².